The van der Waals surface area contributed by atoms with Gasteiger partial charge in [0.1, 0.15) is 4.32 Å². The molecule has 212 valence electrons. The molecule has 4 bridgehead atoms. The van der Waals surface area contributed by atoms with E-state index in [-0.39, 0.29) is 11.3 Å². The first kappa shape index (κ1) is 26.8. The van der Waals surface area contributed by atoms with Gasteiger partial charge < -0.3 is 9.47 Å². The molecule has 0 unspecified atom stereocenters. The van der Waals surface area contributed by atoms with Crippen molar-refractivity contribution >= 4 is 40.3 Å². The van der Waals surface area contributed by atoms with Crippen LogP contribution >= 0.6 is 24.0 Å². The predicted octanol–water partition coefficient (Wildman–Crippen LogP) is 6.80. The van der Waals surface area contributed by atoms with Crippen LogP contribution in [0.25, 0.3) is 11.8 Å². The summed E-state index contributed by atoms with van der Waals surface area (Å²) in [5.74, 6) is 3.78. The molecule has 41 heavy (non-hydrogen) atoms. The van der Waals surface area contributed by atoms with Crippen molar-refractivity contribution in [2.24, 2.45) is 17.8 Å². The number of para-hydroxylation sites is 1. The molecule has 0 atom stereocenters. The van der Waals surface area contributed by atoms with Crippen LogP contribution in [0.1, 0.15) is 55.3 Å². The van der Waals surface area contributed by atoms with E-state index in [2.05, 4.69) is 24.4 Å². The molecular weight excluding hydrogens is 551 g/mol. The minimum atomic E-state index is -0.0237. The van der Waals surface area contributed by atoms with Crippen molar-refractivity contribution in [1.29, 1.82) is 0 Å². The van der Waals surface area contributed by atoms with Gasteiger partial charge >= 0.3 is 0 Å². The average molecular weight is 586 g/mol. The molecular formula is C33H35N3O3S2. The lowest BCUT2D eigenvalue weighted by molar-refractivity contribution is -0.122. The first-order valence-corrected chi connectivity index (χ1v) is 15.8. The summed E-state index contributed by atoms with van der Waals surface area (Å²) in [5.41, 5.74) is 4.46. The van der Waals surface area contributed by atoms with Crippen molar-refractivity contribution in [3.05, 3.63) is 76.5 Å². The van der Waals surface area contributed by atoms with Gasteiger partial charge in [0.15, 0.2) is 11.5 Å². The molecule has 3 aromatic rings. The van der Waals surface area contributed by atoms with Crippen molar-refractivity contribution < 1.29 is 14.3 Å². The monoisotopic (exact) mass is 585 g/mol. The van der Waals surface area contributed by atoms with Gasteiger partial charge in [0.25, 0.3) is 5.91 Å². The Morgan fingerprint density at radius 2 is 1.68 bits per heavy atom. The first-order chi connectivity index (χ1) is 19.9. The summed E-state index contributed by atoms with van der Waals surface area (Å²) >= 11 is 7.11. The van der Waals surface area contributed by atoms with Crippen molar-refractivity contribution in [2.75, 3.05) is 20.8 Å². The van der Waals surface area contributed by atoms with Gasteiger partial charge in [-0.15, -0.1) is 0 Å². The minimum absolute atomic E-state index is 0.0237. The van der Waals surface area contributed by atoms with Gasteiger partial charge in [-0.05, 0) is 98.6 Å². The molecule has 0 N–H and O–H groups in total. The fourth-order valence-electron chi connectivity index (χ4n) is 8.13. The number of hydrogen-bond acceptors (Lipinski definition) is 6. The normalized spacial score (nSPS) is 27.7. The lowest BCUT2D eigenvalue weighted by Gasteiger charge is -2.56. The van der Waals surface area contributed by atoms with Gasteiger partial charge in [-0.3, -0.25) is 9.69 Å². The number of benzene rings is 2. The third kappa shape index (κ3) is 4.89. The maximum Gasteiger partial charge on any atom is 0.266 e. The molecule has 8 heteroatoms. The fourth-order valence-corrected chi connectivity index (χ4v) is 9.43. The molecule has 1 amide bonds. The number of rotatable bonds is 8. The smallest absolute Gasteiger partial charge is 0.266 e. The summed E-state index contributed by atoms with van der Waals surface area (Å²) in [6.07, 6.45) is 12.7. The Morgan fingerprint density at radius 1 is 1.00 bits per heavy atom. The van der Waals surface area contributed by atoms with Crippen LogP contribution in [0.15, 0.2) is 59.6 Å². The predicted molar refractivity (Wildman–Crippen MR) is 167 cm³/mol. The standard InChI is InChI=1S/C33H35N3O3S2/c1-38-27-9-8-21(15-28(27)39-2)10-11-35-31(37)29(41-32(35)40)16-25-20-36(26-6-4-3-5-7-26)34-30(25)33-17-22-12-23(18-33)14-24(13-22)19-33/h3-9,15-16,20,22-24H,10-14,17-19H2,1-2H3. The van der Waals surface area contributed by atoms with Gasteiger partial charge in [-0.1, -0.05) is 48.2 Å². The SMILES string of the molecule is COc1ccc(CCN2C(=O)C(=Cc3cn(-c4ccccc4)nc3C34CC5CC(CC(C5)C3)C4)SC2=S)cc1OC. The van der Waals surface area contributed by atoms with Gasteiger partial charge in [-0.2, -0.15) is 5.10 Å². The topological polar surface area (TPSA) is 56.6 Å². The summed E-state index contributed by atoms with van der Waals surface area (Å²) in [6, 6.07) is 16.2. The number of ether oxygens (including phenoxy) is 2. The Hall–Kier alpha value is -3.10. The molecule has 5 fully saturated rings. The number of nitrogens with zero attached hydrogens (tertiary/aromatic N) is 3. The molecule has 4 aliphatic carbocycles. The van der Waals surface area contributed by atoms with Crippen molar-refractivity contribution in [2.45, 2.75) is 50.4 Å². The van der Waals surface area contributed by atoms with Crippen LogP contribution in [0.3, 0.4) is 0 Å². The third-order valence-corrected chi connectivity index (χ3v) is 10.9. The van der Waals surface area contributed by atoms with E-state index in [9.17, 15) is 4.79 Å². The van der Waals surface area contributed by atoms with E-state index >= 15 is 0 Å². The number of methoxy groups -OCH3 is 2. The van der Waals surface area contributed by atoms with Gasteiger partial charge in [0.05, 0.1) is 30.5 Å². The highest BCUT2D eigenvalue weighted by molar-refractivity contribution is 8.26. The zero-order valence-corrected chi connectivity index (χ0v) is 25.2. The van der Waals surface area contributed by atoms with E-state index in [1.165, 1.54) is 56.0 Å². The van der Waals surface area contributed by atoms with Gasteiger partial charge in [0.2, 0.25) is 0 Å². The average Bonchev–Trinajstić information content (AvgIpc) is 3.52. The lowest BCUT2D eigenvalue weighted by atomic mass is 9.48. The summed E-state index contributed by atoms with van der Waals surface area (Å²) in [5, 5.41) is 5.27. The first-order valence-electron chi connectivity index (χ1n) is 14.6. The number of hydrogen-bond donors (Lipinski definition) is 0. The van der Waals surface area contributed by atoms with E-state index < -0.39 is 0 Å². The zero-order chi connectivity index (χ0) is 28.1. The van der Waals surface area contributed by atoms with Crippen LogP contribution in [0.5, 0.6) is 11.5 Å². The largest absolute Gasteiger partial charge is 0.493 e. The molecule has 6 nitrogen and oxygen atoms in total. The maximum atomic E-state index is 13.7. The molecule has 2 aromatic carbocycles. The van der Waals surface area contributed by atoms with Crippen molar-refractivity contribution in [3.8, 4) is 17.2 Å². The number of thioether (sulfide) groups is 1. The summed E-state index contributed by atoms with van der Waals surface area (Å²) in [7, 11) is 3.26. The highest BCUT2D eigenvalue weighted by Crippen LogP contribution is 2.61. The Kier molecular flexibility index (Phi) is 6.94. The van der Waals surface area contributed by atoms with E-state index in [1.54, 1.807) is 19.1 Å². The molecule has 0 radical (unpaired) electrons. The molecule has 1 aromatic heterocycles. The lowest BCUT2D eigenvalue weighted by Crippen LogP contribution is -2.49. The van der Waals surface area contributed by atoms with E-state index in [1.807, 2.05) is 41.1 Å². The Labute approximate surface area is 251 Å². The van der Waals surface area contributed by atoms with Crippen LogP contribution < -0.4 is 9.47 Å². The number of thiocarbonyl (C=S) groups is 1. The van der Waals surface area contributed by atoms with Crippen LogP contribution in [0.2, 0.25) is 0 Å². The van der Waals surface area contributed by atoms with Crippen LogP contribution in [0.4, 0.5) is 0 Å². The number of amides is 1. The quantitative estimate of drug-likeness (QED) is 0.214. The third-order valence-electron chi connectivity index (χ3n) is 9.54. The Balaban J connectivity index is 1.18. The summed E-state index contributed by atoms with van der Waals surface area (Å²) in [4.78, 5) is 16.1. The Bertz CT molecular complexity index is 1490. The molecule has 1 saturated heterocycles. The van der Waals surface area contributed by atoms with Crippen LogP contribution in [-0.4, -0.2) is 45.7 Å². The van der Waals surface area contributed by atoms with Crippen LogP contribution in [-0.2, 0) is 16.6 Å². The number of carbonyl (C=O) groups excluding carboxylic acids is 1. The fraction of sp³-hybridized carbons (Fsp3) is 0.424. The van der Waals surface area contributed by atoms with E-state index in [0.717, 1.165) is 34.6 Å². The van der Waals surface area contributed by atoms with E-state index in [0.29, 0.717) is 33.7 Å². The second-order valence-electron chi connectivity index (χ2n) is 12.2. The van der Waals surface area contributed by atoms with E-state index in [4.69, 9.17) is 26.8 Å². The Morgan fingerprint density at radius 3 is 2.34 bits per heavy atom. The van der Waals surface area contributed by atoms with Crippen LogP contribution in [0, 0.1) is 17.8 Å². The maximum absolute atomic E-state index is 13.7. The van der Waals surface area contributed by atoms with Gasteiger partial charge in [-0.25, -0.2) is 4.68 Å². The molecule has 1 aliphatic heterocycles. The molecule has 2 heterocycles. The molecule has 5 aliphatic rings. The number of carbonyl (C=O) groups is 1. The summed E-state index contributed by atoms with van der Waals surface area (Å²) < 4.78 is 13.4. The second kappa shape index (κ2) is 10.6. The molecule has 4 saturated carbocycles. The number of aromatic nitrogens is 2. The molecule has 8 rings (SSSR count). The summed E-state index contributed by atoms with van der Waals surface area (Å²) in [6.45, 7) is 0.516. The van der Waals surface area contributed by atoms with Crippen molar-refractivity contribution in [3.63, 3.8) is 0 Å². The minimum Gasteiger partial charge on any atom is -0.493 e. The molecule has 0 spiro atoms. The van der Waals surface area contributed by atoms with Crippen molar-refractivity contribution in [1.82, 2.24) is 14.7 Å². The highest BCUT2D eigenvalue weighted by atomic mass is 32.2. The highest BCUT2D eigenvalue weighted by Gasteiger charge is 2.53. The second-order valence-corrected chi connectivity index (χ2v) is 13.9. The zero-order valence-electron chi connectivity index (χ0n) is 23.5. The van der Waals surface area contributed by atoms with Gasteiger partial charge in [0, 0.05) is 23.7 Å².